The highest BCUT2D eigenvalue weighted by atomic mass is 32.2. The molecule has 4 aliphatic rings. The van der Waals surface area contributed by atoms with Gasteiger partial charge in [-0.15, -0.1) is 11.8 Å². The van der Waals surface area contributed by atoms with Crippen LogP contribution >= 0.6 is 11.8 Å². The Morgan fingerprint density at radius 1 is 1.30 bits per heavy atom. The highest BCUT2D eigenvalue weighted by Gasteiger charge is 2.52. The molecule has 0 N–H and O–H groups in total. The van der Waals surface area contributed by atoms with E-state index in [0.717, 1.165) is 31.0 Å². The van der Waals surface area contributed by atoms with Gasteiger partial charge in [0, 0.05) is 36.1 Å². The van der Waals surface area contributed by atoms with Gasteiger partial charge in [0.2, 0.25) is 5.91 Å². The predicted molar refractivity (Wildman–Crippen MR) is 93.7 cm³/mol. The molecular weight excluding hydrogens is 310 g/mol. The Morgan fingerprint density at radius 2 is 2.00 bits per heavy atom. The second kappa shape index (κ2) is 6.46. The lowest BCUT2D eigenvalue weighted by molar-refractivity contribution is -0.140. The zero-order valence-electron chi connectivity index (χ0n) is 14.3. The molecule has 2 unspecified atom stereocenters. The molecule has 2 aliphatic heterocycles. The molecule has 3 fully saturated rings. The molecule has 128 valence electrons. The van der Waals surface area contributed by atoms with E-state index >= 15 is 0 Å². The van der Waals surface area contributed by atoms with Crippen LogP contribution in [0.25, 0.3) is 0 Å². The first-order valence-electron chi connectivity index (χ1n) is 8.85. The van der Waals surface area contributed by atoms with Crippen LogP contribution in [0.4, 0.5) is 0 Å². The topological polar surface area (TPSA) is 53.0 Å². The number of likely N-dealkylation sites (N-methyl/N-ethyl adjacent to an activating group) is 1. The number of likely N-dealkylation sites (tertiary alicyclic amines) is 1. The van der Waals surface area contributed by atoms with Crippen molar-refractivity contribution in [1.29, 1.82) is 0 Å². The van der Waals surface area contributed by atoms with Gasteiger partial charge in [-0.3, -0.25) is 14.6 Å². The molecule has 0 aromatic rings. The van der Waals surface area contributed by atoms with E-state index in [-0.39, 0.29) is 17.9 Å². The average Bonchev–Trinajstić information content (AvgIpc) is 3.48. The monoisotopic (exact) mass is 337 g/mol. The van der Waals surface area contributed by atoms with Crippen LogP contribution in [-0.4, -0.2) is 64.0 Å². The van der Waals surface area contributed by atoms with Crippen LogP contribution < -0.4 is 0 Å². The minimum atomic E-state index is -0.249. The van der Waals surface area contributed by atoms with Crippen molar-refractivity contribution >= 4 is 29.7 Å². The number of carbonyl (C=O) groups is 2. The Hall–Kier alpha value is -1.04. The largest absolute Gasteiger partial charge is 0.339 e. The molecule has 0 aromatic carbocycles. The summed E-state index contributed by atoms with van der Waals surface area (Å²) in [6.45, 7) is 5.66. The fraction of sp³-hybridized carbons (Fsp3) is 0.824. The molecule has 0 radical (unpaired) electrons. The Bertz CT molecular complexity index is 514. The molecular formula is C17H27N3O2S. The summed E-state index contributed by atoms with van der Waals surface area (Å²) >= 11 is 2.11. The van der Waals surface area contributed by atoms with Crippen LogP contribution in [0.3, 0.4) is 0 Å². The lowest BCUT2D eigenvalue weighted by Gasteiger charge is -2.38. The molecule has 23 heavy (non-hydrogen) atoms. The fourth-order valence-electron chi connectivity index (χ4n) is 3.58. The summed E-state index contributed by atoms with van der Waals surface area (Å²) in [5, 5.41) is 6.77. The Balaban J connectivity index is 0.000000753. The summed E-state index contributed by atoms with van der Waals surface area (Å²) in [4.78, 5) is 25.9. The minimum Gasteiger partial charge on any atom is -0.339 e. The number of rotatable bonds is 5. The van der Waals surface area contributed by atoms with Gasteiger partial charge in [-0.25, -0.2) is 0 Å². The van der Waals surface area contributed by atoms with Crippen LogP contribution in [-0.2, 0) is 9.59 Å². The van der Waals surface area contributed by atoms with Crippen LogP contribution in [0.1, 0.15) is 46.0 Å². The van der Waals surface area contributed by atoms with Gasteiger partial charge in [0.05, 0.1) is 0 Å². The van der Waals surface area contributed by atoms with E-state index in [1.807, 2.05) is 18.7 Å². The molecule has 0 aromatic heterocycles. The van der Waals surface area contributed by atoms with Crippen LogP contribution in [0.5, 0.6) is 0 Å². The first-order chi connectivity index (χ1) is 11.1. The third-order valence-electron chi connectivity index (χ3n) is 5.06. The number of fused-ring (bicyclic) bond motifs is 1. The highest BCUT2D eigenvalue weighted by Crippen LogP contribution is 2.55. The Labute approximate surface area is 142 Å². The van der Waals surface area contributed by atoms with Crippen LogP contribution in [0, 0.1) is 5.92 Å². The standard InChI is InChI=1S/C15H21N3O2S.C2H6/c1-17-13-11(12(8-19)16-17)4-7-18(14(13)20)9-15(5-6-15)21-10-2-3-10;1-2/h8,10-11,13H,2-7,9H2,1H3;1-2H3. The van der Waals surface area contributed by atoms with E-state index in [0.29, 0.717) is 10.5 Å². The van der Waals surface area contributed by atoms with E-state index in [1.165, 1.54) is 25.7 Å². The average molecular weight is 337 g/mol. The van der Waals surface area contributed by atoms with Gasteiger partial charge in [0.25, 0.3) is 0 Å². The number of carbonyl (C=O) groups excluding carboxylic acids is 2. The SMILES string of the molecule is CC.CN1N=C(C=O)C2CCN(CC3(SC4CC4)CC3)C(=O)C21. The highest BCUT2D eigenvalue weighted by molar-refractivity contribution is 8.01. The number of nitrogens with zero attached hydrogens (tertiary/aromatic N) is 3. The van der Waals surface area contributed by atoms with Crippen molar-refractivity contribution in [2.75, 3.05) is 20.1 Å². The van der Waals surface area contributed by atoms with Gasteiger partial charge in [-0.1, -0.05) is 13.8 Å². The van der Waals surface area contributed by atoms with Crippen molar-refractivity contribution in [2.45, 2.75) is 62.0 Å². The van der Waals surface area contributed by atoms with E-state index in [4.69, 9.17) is 0 Å². The quantitative estimate of drug-likeness (QED) is 0.722. The van der Waals surface area contributed by atoms with Crippen molar-refractivity contribution in [1.82, 2.24) is 9.91 Å². The molecule has 2 aliphatic carbocycles. The van der Waals surface area contributed by atoms with Crippen molar-refractivity contribution in [2.24, 2.45) is 11.0 Å². The van der Waals surface area contributed by atoms with Gasteiger partial charge in [0.1, 0.15) is 11.8 Å². The molecule has 4 rings (SSSR count). The van der Waals surface area contributed by atoms with E-state index in [1.54, 1.807) is 12.1 Å². The Morgan fingerprint density at radius 3 is 2.57 bits per heavy atom. The number of thioether (sulfide) groups is 1. The maximum Gasteiger partial charge on any atom is 0.247 e. The van der Waals surface area contributed by atoms with E-state index in [9.17, 15) is 9.59 Å². The zero-order valence-corrected chi connectivity index (χ0v) is 15.1. The minimum absolute atomic E-state index is 0.00230. The first kappa shape index (κ1) is 16.8. The molecule has 5 nitrogen and oxygen atoms in total. The maximum absolute atomic E-state index is 12.8. The number of hydrogen-bond donors (Lipinski definition) is 0. The Kier molecular flexibility index (Phi) is 4.72. The molecule has 2 atom stereocenters. The smallest absolute Gasteiger partial charge is 0.247 e. The van der Waals surface area contributed by atoms with Gasteiger partial charge in [-0.05, 0) is 32.1 Å². The summed E-state index contributed by atoms with van der Waals surface area (Å²) in [5.41, 5.74) is 0.545. The lowest BCUT2D eigenvalue weighted by Crippen LogP contribution is -2.54. The number of piperidine rings is 1. The van der Waals surface area contributed by atoms with Crippen LogP contribution in [0.15, 0.2) is 5.10 Å². The third-order valence-corrected chi connectivity index (χ3v) is 6.90. The molecule has 1 amide bonds. The van der Waals surface area contributed by atoms with Gasteiger partial charge >= 0.3 is 0 Å². The second-order valence-electron chi connectivity index (χ2n) is 6.82. The molecule has 2 heterocycles. The number of amides is 1. The predicted octanol–water partition coefficient (Wildman–Crippen LogP) is 2.16. The van der Waals surface area contributed by atoms with Crippen molar-refractivity contribution in [3.63, 3.8) is 0 Å². The number of aldehydes is 1. The number of hydrogen-bond acceptors (Lipinski definition) is 5. The molecule has 2 saturated carbocycles. The van der Waals surface area contributed by atoms with Gasteiger partial charge < -0.3 is 4.90 Å². The summed E-state index contributed by atoms with van der Waals surface area (Å²) in [6.07, 6.45) is 6.88. The maximum atomic E-state index is 12.8. The number of hydrazone groups is 1. The molecule has 1 saturated heterocycles. The fourth-order valence-corrected chi connectivity index (χ4v) is 5.23. The second-order valence-corrected chi connectivity index (χ2v) is 8.58. The summed E-state index contributed by atoms with van der Waals surface area (Å²) in [6, 6.07) is -0.249. The lowest BCUT2D eigenvalue weighted by atomic mass is 9.88. The summed E-state index contributed by atoms with van der Waals surface area (Å²) in [7, 11) is 1.81. The zero-order chi connectivity index (χ0) is 16.6. The van der Waals surface area contributed by atoms with Gasteiger partial charge in [-0.2, -0.15) is 5.10 Å². The third kappa shape index (κ3) is 3.28. The van der Waals surface area contributed by atoms with E-state index in [2.05, 4.69) is 16.9 Å². The summed E-state index contributed by atoms with van der Waals surface area (Å²) < 4.78 is 0.342. The van der Waals surface area contributed by atoms with Crippen molar-refractivity contribution in [3.8, 4) is 0 Å². The first-order valence-corrected chi connectivity index (χ1v) is 9.73. The van der Waals surface area contributed by atoms with E-state index < -0.39 is 0 Å². The molecule has 6 heteroatoms. The molecule has 0 spiro atoms. The van der Waals surface area contributed by atoms with Crippen LogP contribution in [0.2, 0.25) is 0 Å². The van der Waals surface area contributed by atoms with Gasteiger partial charge in [0.15, 0.2) is 6.29 Å². The molecule has 0 bridgehead atoms. The normalized spacial score (nSPS) is 31.1. The van der Waals surface area contributed by atoms with Crippen molar-refractivity contribution < 1.29 is 9.59 Å². The van der Waals surface area contributed by atoms with Crippen molar-refractivity contribution in [3.05, 3.63) is 0 Å². The summed E-state index contributed by atoms with van der Waals surface area (Å²) in [5.74, 6) is 0.166.